The molecule has 2 aromatic heterocycles. The number of guanidine groups is 1. The van der Waals surface area contributed by atoms with Crippen molar-refractivity contribution < 1.29 is 38.7 Å². The summed E-state index contributed by atoms with van der Waals surface area (Å²) in [7, 11) is 1.42. The summed E-state index contributed by atoms with van der Waals surface area (Å²) in [6.45, 7) is 4.64. The molecule has 1 aliphatic carbocycles. The Kier molecular flexibility index (Phi) is 19.5. The molecule has 24 heteroatoms. The highest BCUT2D eigenvalue weighted by Gasteiger charge is 2.43. The molecule has 12 N–H and O–H groups in total. The molecular weight excluding hydrogens is 955 g/mol. The molecule has 7 amide bonds. The zero-order chi connectivity index (χ0) is 53.4. The van der Waals surface area contributed by atoms with Crippen molar-refractivity contribution in [3.63, 3.8) is 0 Å². The smallest absolute Gasteiger partial charge is 0.261 e. The number of aromatic hydroxyl groups is 1. The van der Waals surface area contributed by atoms with E-state index >= 15 is 0 Å². The molecule has 1 aliphatic heterocycles. The van der Waals surface area contributed by atoms with Crippen LogP contribution in [0.4, 0.5) is 5.69 Å². The van der Waals surface area contributed by atoms with Crippen LogP contribution in [0.5, 0.6) is 5.75 Å². The minimum Gasteiger partial charge on any atom is -0.508 e. The number of imidazole rings is 1. The summed E-state index contributed by atoms with van der Waals surface area (Å²) < 4.78 is 1.12. The second-order valence-corrected chi connectivity index (χ2v) is 18.8. The lowest BCUT2D eigenvalue weighted by Gasteiger charge is -2.38. The van der Waals surface area contributed by atoms with E-state index in [1.165, 1.54) is 38.8 Å². The summed E-state index contributed by atoms with van der Waals surface area (Å²) in [6, 6.07) is 7.02. The molecule has 4 aromatic rings. The zero-order valence-electron chi connectivity index (χ0n) is 42.1. The second-order valence-electron chi connectivity index (χ2n) is 18.8. The summed E-state index contributed by atoms with van der Waals surface area (Å²) in [5.41, 5.74) is 6.07. The molecule has 3 heterocycles. The van der Waals surface area contributed by atoms with E-state index in [2.05, 4.69) is 52.2 Å². The molecule has 0 spiro atoms. The number of hydrogen-bond acceptors (Lipinski definition) is 13. The van der Waals surface area contributed by atoms with Crippen molar-refractivity contribution in [1.82, 2.24) is 61.6 Å². The van der Waals surface area contributed by atoms with Crippen LogP contribution < -0.4 is 53.4 Å². The third kappa shape index (κ3) is 15.0. The highest BCUT2D eigenvalue weighted by molar-refractivity contribution is 5.96. The summed E-state index contributed by atoms with van der Waals surface area (Å²) in [5, 5.41) is 36.7. The fourth-order valence-corrected chi connectivity index (χ4v) is 9.36. The Morgan fingerprint density at radius 3 is 2.15 bits per heavy atom. The van der Waals surface area contributed by atoms with Crippen LogP contribution in [0.15, 0.2) is 66.1 Å². The summed E-state index contributed by atoms with van der Waals surface area (Å²) in [4.78, 5) is 124. The number of likely N-dealkylation sites (N-methyl/N-ethyl adjacent to an activating group) is 1. The van der Waals surface area contributed by atoms with Gasteiger partial charge in [-0.25, -0.2) is 9.97 Å². The van der Waals surface area contributed by atoms with Gasteiger partial charge in [0, 0.05) is 71.4 Å². The third-order valence-corrected chi connectivity index (χ3v) is 13.3. The van der Waals surface area contributed by atoms with Crippen LogP contribution in [0, 0.1) is 5.41 Å². The number of aromatic nitrogens is 4. The first-order valence-corrected chi connectivity index (χ1v) is 25.1. The van der Waals surface area contributed by atoms with Gasteiger partial charge < -0.3 is 62.8 Å². The van der Waals surface area contributed by atoms with E-state index in [4.69, 9.17) is 11.1 Å². The van der Waals surface area contributed by atoms with Crippen molar-refractivity contribution in [2.75, 3.05) is 44.7 Å². The van der Waals surface area contributed by atoms with Gasteiger partial charge in [-0.05, 0) is 68.0 Å². The van der Waals surface area contributed by atoms with Crippen molar-refractivity contribution in [2.45, 2.75) is 121 Å². The normalized spacial score (nSPS) is 15.7. The number of H-pyrrole nitrogens is 1. The van der Waals surface area contributed by atoms with Gasteiger partial charge in [0.1, 0.15) is 42.0 Å². The second kappa shape index (κ2) is 26.1. The molecule has 1 saturated carbocycles. The van der Waals surface area contributed by atoms with Gasteiger partial charge >= 0.3 is 0 Å². The lowest BCUT2D eigenvalue weighted by atomic mass is 9.95. The lowest BCUT2D eigenvalue weighted by molar-refractivity contribution is -0.139. The summed E-state index contributed by atoms with van der Waals surface area (Å²) in [5.74, 6) is -3.76. The predicted molar refractivity (Wildman–Crippen MR) is 274 cm³/mol. The van der Waals surface area contributed by atoms with Crippen molar-refractivity contribution in [3.05, 3.63) is 82.9 Å². The summed E-state index contributed by atoms with van der Waals surface area (Å²) in [6.07, 6.45) is 9.09. The number of hydrogen-bond donors (Lipinski definition) is 11. The van der Waals surface area contributed by atoms with E-state index in [1.807, 2.05) is 17.9 Å². The molecule has 4 atom stereocenters. The molecule has 0 bridgehead atoms. The maximum atomic E-state index is 14.1. The van der Waals surface area contributed by atoms with Gasteiger partial charge in [0.05, 0.1) is 29.3 Å². The number of nitrogens with one attached hydrogen (secondary N) is 9. The Balaban J connectivity index is 1.13. The van der Waals surface area contributed by atoms with E-state index < -0.39 is 65.4 Å². The van der Waals surface area contributed by atoms with Gasteiger partial charge in [0.15, 0.2) is 5.96 Å². The van der Waals surface area contributed by atoms with E-state index in [-0.39, 0.29) is 67.0 Å². The average molecular weight is 1020 g/mol. The Hall–Kier alpha value is -8.05. The fraction of sp³-hybridized carbons (Fsp3) is 0.500. The standard InChI is InChI=1S/C50H69N15O9/c1-4-5-9-39(61-48(74)50(62-31(2)66)17-6-7-18-50)47(73)64-22-20-63(21-23-64)34-13-16-37-36(26-34)46(72)65(30-57-37)28-42(68)58-38(10-8-19-55-49(51)52)44(70)60-41(25-33-27-54-29-56-33)45(71)59-40(43(69)53-3)24-32-11-14-35(67)15-12-32/h11-16,26-27,29-30,38-41,67H,4-10,17-25,28H2,1-3H3,(H,53,69)(H,54,56)(H,58,68)(H,59,71)(H,60,70)(H,61,74)(H,62,66)(H4,51,52,55)/t38-,39-,40-,41-/m0/s1. The number of carbonyl (C=O) groups excluding carboxylic acids is 7. The number of piperazine rings is 1. The van der Waals surface area contributed by atoms with Crippen molar-refractivity contribution in [1.29, 1.82) is 5.41 Å². The molecule has 398 valence electrons. The first kappa shape index (κ1) is 55.3. The Morgan fingerprint density at radius 2 is 1.51 bits per heavy atom. The Morgan fingerprint density at radius 1 is 0.838 bits per heavy atom. The maximum Gasteiger partial charge on any atom is 0.261 e. The van der Waals surface area contributed by atoms with Crippen LogP contribution in [0.2, 0.25) is 0 Å². The highest BCUT2D eigenvalue weighted by Crippen LogP contribution is 2.30. The van der Waals surface area contributed by atoms with Crippen molar-refractivity contribution >= 4 is 63.9 Å². The Labute approximate surface area is 428 Å². The fourth-order valence-electron chi connectivity index (χ4n) is 9.36. The van der Waals surface area contributed by atoms with Crippen LogP contribution in [-0.4, -0.2) is 146 Å². The molecule has 6 rings (SSSR count). The quantitative estimate of drug-likeness (QED) is 0.0241. The van der Waals surface area contributed by atoms with E-state index in [9.17, 15) is 43.5 Å². The average Bonchev–Trinajstić information content (AvgIpc) is 4.10. The van der Waals surface area contributed by atoms with Gasteiger partial charge in [-0.2, -0.15) is 0 Å². The van der Waals surface area contributed by atoms with Crippen LogP contribution in [0.1, 0.15) is 82.9 Å². The number of carbonyl (C=O) groups is 7. The van der Waals surface area contributed by atoms with Crippen LogP contribution in [0.3, 0.4) is 0 Å². The minimum absolute atomic E-state index is 0.0245. The monoisotopic (exact) mass is 1020 g/mol. The topological polar surface area (TPSA) is 344 Å². The molecule has 2 fully saturated rings. The molecule has 1 saturated heterocycles. The minimum atomic E-state index is -1.28. The van der Waals surface area contributed by atoms with E-state index in [0.29, 0.717) is 67.9 Å². The van der Waals surface area contributed by atoms with Gasteiger partial charge in [-0.15, -0.1) is 0 Å². The van der Waals surface area contributed by atoms with Gasteiger partial charge in [-0.3, -0.25) is 48.3 Å². The number of fused-ring (bicyclic) bond motifs is 1. The molecule has 0 radical (unpaired) electrons. The molecular formula is C50H69N15O9. The van der Waals surface area contributed by atoms with Crippen molar-refractivity contribution in [2.24, 2.45) is 5.73 Å². The highest BCUT2D eigenvalue weighted by atomic mass is 16.3. The predicted octanol–water partition coefficient (Wildman–Crippen LogP) is -0.453. The number of phenolic OH excluding ortho intramolecular Hbond substituents is 1. The van der Waals surface area contributed by atoms with Crippen LogP contribution in [0.25, 0.3) is 10.9 Å². The van der Waals surface area contributed by atoms with Gasteiger partial charge in [-0.1, -0.05) is 44.7 Å². The van der Waals surface area contributed by atoms with Crippen LogP contribution in [-0.2, 0) is 52.9 Å². The number of unbranched alkanes of at least 4 members (excludes halogenated alkanes) is 1. The largest absolute Gasteiger partial charge is 0.508 e. The molecule has 74 heavy (non-hydrogen) atoms. The maximum absolute atomic E-state index is 14.1. The third-order valence-electron chi connectivity index (χ3n) is 13.3. The van der Waals surface area contributed by atoms with Crippen LogP contribution >= 0.6 is 0 Å². The van der Waals surface area contributed by atoms with Gasteiger partial charge in [0.2, 0.25) is 41.4 Å². The molecule has 24 nitrogen and oxygen atoms in total. The number of anilines is 1. The van der Waals surface area contributed by atoms with Crippen molar-refractivity contribution in [3.8, 4) is 5.75 Å². The SMILES string of the molecule is CCCC[C@H](NC(=O)C1(NC(C)=O)CCCC1)C(=O)N1CCN(c2ccc3ncn(CC(=O)N[C@@H](CCCNC(=N)N)C(=O)N[C@@H](Cc4c[nH]cn4)C(=O)N[C@@H](Cc4ccc(O)cc4)C(=O)NC)c(=O)c3c2)CC1. The first-order valence-electron chi connectivity index (χ1n) is 25.1. The lowest BCUT2D eigenvalue weighted by Crippen LogP contribution is -2.61. The number of benzene rings is 2. The van der Waals surface area contributed by atoms with E-state index in [1.54, 1.807) is 35.4 Å². The molecule has 2 aromatic carbocycles. The number of aromatic amines is 1. The molecule has 2 aliphatic rings. The number of nitrogens with zero attached hydrogens (tertiary/aromatic N) is 5. The molecule has 0 unspecified atom stereocenters. The van der Waals surface area contributed by atoms with Gasteiger partial charge in [0.25, 0.3) is 5.56 Å². The van der Waals surface area contributed by atoms with E-state index in [0.717, 1.165) is 30.3 Å². The number of phenols is 1. The number of rotatable bonds is 24. The summed E-state index contributed by atoms with van der Waals surface area (Å²) >= 11 is 0. The first-order chi connectivity index (χ1) is 35.5. The number of nitrogens with two attached hydrogens (primary N) is 1. The number of amides is 7. The Bertz CT molecular complexity index is 2680. The zero-order valence-corrected chi connectivity index (χ0v) is 42.1.